The highest BCUT2D eigenvalue weighted by Gasteiger charge is 2.12. The summed E-state index contributed by atoms with van der Waals surface area (Å²) in [6, 6.07) is 0. The van der Waals surface area contributed by atoms with Crippen molar-refractivity contribution < 1.29 is 19.4 Å². The first-order valence-corrected chi connectivity index (χ1v) is 5.58. The molecule has 16 heavy (non-hydrogen) atoms. The molecule has 0 saturated heterocycles. The van der Waals surface area contributed by atoms with E-state index in [1.165, 1.54) is 0 Å². The van der Waals surface area contributed by atoms with Gasteiger partial charge in [0.2, 0.25) is 0 Å². The van der Waals surface area contributed by atoms with Crippen molar-refractivity contribution in [2.24, 2.45) is 11.8 Å². The van der Waals surface area contributed by atoms with Crippen LogP contribution < -0.4 is 5.32 Å². The first-order chi connectivity index (χ1) is 7.45. The van der Waals surface area contributed by atoms with Crippen molar-refractivity contribution in [2.45, 2.75) is 33.6 Å². The molecular formula is C11H21NO4. The average Bonchev–Trinajstić information content (AvgIpc) is 2.20. The quantitative estimate of drug-likeness (QED) is 0.701. The SMILES string of the molecule is CCC(CNC(=O)OCC(C)C)CC(=O)O. The van der Waals surface area contributed by atoms with Crippen LogP contribution in [0.2, 0.25) is 0 Å². The van der Waals surface area contributed by atoms with Crippen LogP contribution >= 0.6 is 0 Å². The van der Waals surface area contributed by atoms with E-state index in [2.05, 4.69) is 5.32 Å². The second kappa shape index (κ2) is 7.96. The van der Waals surface area contributed by atoms with Gasteiger partial charge >= 0.3 is 12.1 Å². The van der Waals surface area contributed by atoms with Crippen LogP contribution in [0.1, 0.15) is 33.6 Å². The van der Waals surface area contributed by atoms with Gasteiger partial charge in [0.25, 0.3) is 0 Å². The van der Waals surface area contributed by atoms with E-state index < -0.39 is 12.1 Å². The highest BCUT2D eigenvalue weighted by Crippen LogP contribution is 2.06. The van der Waals surface area contributed by atoms with E-state index in [0.29, 0.717) is 19.1 Å². The monoisotopic (exact) mass is 231 g/mol. The third-order valence-electron chi connectivity index (χ3n) is 2.12. The molecule has 0 aromatic rings. The summed E-state index contributed by atoms with van der Waals surface area (Å²) in [5, 5.41) is 11.2. The maximum absolute atomic E-state index is 11.2. The highest BCUT2D eigenvalue weighted by molar-refractivity contribution is 5.68. The summed E-state index contributed by atoms with van der Waals surface area (Å²) in [5.41, 5.74) is 0. The summed E-state index contributed by atoms with van der Waals surface area (Å²) in [5.74, 6) is -0.583. The number of alkyl carbamates (subject to hydrolysis) is 1. The molecule has 0 aromatic carbocycles. The van der Waals surface area contributed by atoms with Crippen LogP contribution in [-0.2, 0) is 9.53 Å². The molecular weight excluding hydrogens is 210 g/mol. The minimum Gasteiger partial charge on any atom is -0.481 e. The molecule has 1 amide bonds. The Balaban J connectivity index is 3.75. The molecule has 0 bridgehead atoms. The third-order valence-corrected chi connectivity index (χ3v) is 2.12. The zero-order valence-corrected chi connectivity index (χ0v) is 10.2. The van der Waals surface area contributed by atoms with E-state index in [-0.39, 0.29) is 12.3 Å². The van der Waals surface area contributed by atoms with Gasteiger partial charge in [0.15, 0.2) is 0 Å². The lowest BCUT2D eigenvalue weighted by molar-refractivity contribution is -0.138. The molecule has 0 radical (unpaired) electrons. The van der Waals surface area contributed by atoms with E-state index >= 15 is 0 Å². The lowest BCUT2D eigenvalue weighted by Gasteiger charge is -2.14. The average molecular weight is 231 g/mol. The molecule has 94 valence electrons. The Bertz CT molecular complexity index is 228. The van der Waals surface area contributed by atoms with E-state index in [1.54, 1.807) is 0 Å². The fraction of sp³-hybridized carbons (Fsp3) is 0.818. The molecule has 0 aliphatic carbocycles. The van der Waals surface area contributed by atoms with Gasteiger partial charge in [-0.1, -0.05) is 27.2 Å². The second-order valence-electron chi connectivity index (χ2n) is 4.25. The van der Waals surface area contributed by atoms with Gasteiger partial charge < -0.3 is 15.2 Å². The number of carbonyl (C=O) groups excluding carboxylic acids is 1. The fourth-order valence-electron chi connectivity index (χ4n) is 1.13. The third kappa shape index (κ3) is 8.08. The molecule has 0 saturated carbocycles. The molecule has 2 N–H and O–H groups in total. The first kappa shape index (κ1) is 14.7. The van der Waals surface area contributed by atoms with Gasteiger partial charge in [-0.15, -0.1) is 0 Å². The maximum Gasteiger partial charge on any atom is 0.407 e. The number of carbonyl (C=O) groups is 2. The Labute approximate surface area is 96.2 Å². The minimum atomic E-state index is -0.843. The summed E-state index contributed by atoms with van der Waals surface area (Å²) in [4.78, 5) is 21.7. The summed E-state index contributed by atoms with van der Waals surface area (Å²) >= 11 is 0. The van der Waals surface area contributed by atoms with Crippen LogP contribution in [0, 0.1) is 11.8 Å². The molecule has 0 aromatic heterocycles. The summed E-state index contributed by atoms with van der Waals surface area (Å²) in [6.45, 7) is 6.52. The summed E-state index contributed by atoms with van der Waals surface area (Å²) in [6.07, 6.45) is 0.315. The summed E-state index contributed by atoms with van der Waals surface area (Å²) < 4.78 is 4.91. The van der Waals surface area contributed by atoms with Crippen LogP contribution in [0.3, 0.4) is 0 Å². The van der Waals surface area contributed by atoms with Gasteiger partial charge in [0.05, 0.1) is 6.61 Å². The Morgan fingerprint density at radius 2 is 2.00 bits per heavy atom. The Kier molecular flexibility index (Phi) is 7.33. The number of aliphatic carboxylic acids is 1. The zero-order chi connectivity index (χ0) is 12.6. The second-order valence-corrected chi connectivity index (χ2v) is 4.25. The van der Waals surface area contributed by atoms with Crippen LogP contribution in [0.15, 0.2) is 0 Å². The minimum absolute atomic E-state index is 0.0379. The normalized spacial score (nSPS) is 12.2. The zero-order valence-electron chi connectivity index (χ0n) is 10.2. The fourth-order valence-corrected chi connectivity index (χ4v) is 1.13. The van der Waals surface area contributed by atoms with Gasteiger partial charge in [-0.05, 0) is 11.8 Å². The maximum atomic E-state index is 11.2. The number of ether oxygens (including phenoxy) is 1. The van der Waals surface area contributed by atoms with Crippen molar-refractivity contribution >= 4 is 12.1 Å². The summed E-state index contributed by atoms with van der Waals surface area (Å²) in [7, 11) is 0. The Morgan fingerprint density at radius 1 is 1.38 bits per heavy atom. The molecule has 0 aliphatic rings. The Hall–Kier alpha value is -1.26. The standard InChI is InChI=1S/C11H21NO4/c1-4-9(5-10(13)14)6-12-11(15)16-7-8(2)3/h8-9H,4-7H2,1-3H3,(H,12,15)(H,13,14). The van der Waals surface area contributed by atoms with Crippen molar-refractivity contribution in [1.29, 1.82) is 0 Å². The van der Waals surface area contributed by atoms with E-state index in [0.717, 1.165) is 6.42 Å². The molecule has 1 atom stereocenters. The predicted octanol–water partition coefficient (Wildman–Crippen LogP) is 1.87. The van der Waals surface area contributed by atoms with Gasteiger partial charge in [-0.2, -0.15) is 0 Å². The van der Waals surface area contributed by atoms with Crippen LogP contribution in [-0.4, -0.2) is 30.3 Å². The van der Waals surface area contributed by atoms with Crippen LogP contribution in [0.4, 0.5) is 4.79 Å². The lowest BCUT2D eigenvalue weighted by atomic mass is 10.0. The number of hydrogen-bond donors (Lipinski definition) is 2. The molecule has 5 nitrogen and oxygen atoms in total. The number of nitrogens with one attached hydrogen (secondary N) is 1. The van der Waals surface area contributed by atoms with E-state index in [9.17, 15) is 9.59 Å². The molecule has 0 heterocycles. The van der Waals surface area contributed by atoms with Crippen molar-refractivity contribution in [3.8, 4) is 0 Å². The molecule has 0 rings (SSSR count). The smallest absolute Gasteiger partial charge is 0.407 e. The van der Waals surface area contributed by atoms with Crippen molar-refractivity contribution in [1.82, 2.24) is 5.32 Å². The molecule has 5 heteroatoms. The predicted molar refractivity (Wildman–Crippen MR) is 60.2 cm³/mol. The van der Waals surface area contributed by atoms with Crippen molar-refractivity contribution in [2.75, 3.05) is 13.2 Å². The van der Waals surface area contributed by atoms with Crippen molar-refractivity contribution in [3.63, 3.8) is 0 Å². The molecule has 0 fully saturated rings. The number of carboxylic acid groups (broad SMARTS) is 1. The topological polar surface area (TPSA) is 75.6 Å². The van der Waals surface area contributed by atoms with Gasteiger partial charge in [-0.3, -0.25) is 4.79 Å². The van der Waals surface area contributed by atoms with Gasteiger partial charge in [-0.25, -0.2) is 4.79 Å². The number of carboxylic acids is 1. The number of amides is 1. The van der Waals surface area contributed by atoms with E-state index in [4.69, 9.17) is 9.84 Å². The molecule has 0 aliphatic heterocycles. The highest BCUT2D eigenvalue weighted by atomic mass is 16.5. The number of rotatable bonds is 7. The van der Waals surface area contributed by atoms with Crippen LogP contribution in [0.5, 0.6) is 0 Å². The van der Waals surface area contributed by atoms with Gasteiger partial charge in [0, 0.05) is 13.0 Å². The van der Waals surface area contributed by atoms with Crippen LogP contribution in [0.25, 0.3) is 0 Å². The van der Waals surface area contributed by atoms with E-state index in [1.807, 2.05) is 20.8 Å². The largest absolute Gasteiger partial charge is 0.481 e. The lowest BCUT2D eigenvalue weighted by Crippen LogP contribution is -2.31. The molecule has 1 unspecified atom stereocenters. The first-order valence-electron chi connectivity index (χ1n) is 5.58. The number of hydrogen-bond acceptors (Lipinski definition) is 3. The molecule has 0 spiro atoms. The van der Waals surface area contributed by atoms with Gasteiger partial charge in [0.1, 0.15) is 0 Å². The van der Waals surface area contributed by atoms with Crippen molar-refractivity contribution in [3.05, 3.63) is 0 Å². The Morgan fingerprint density at radius 3 is 2.44 bits per heavy atom.